The molecule has 2 aliphatic rings. The molecule has 0 saturated heterocycles. The average Bonchev–Trinajstić information content (AvgIpc) is 3.03. The Morgan fingerprint density at radius 3 is 2.92 bits per heavy atom. The van der Waals surface area contributed by atoms with Gasteiger partial charge in [0.05, 0.1) is 24.8 Å². The quantitative estimate of drug-likeness (QED) is 0.562. The van der Waals surface area contributed by atoms with Gasteiger partial charge in [0.25, 0.3) is 0 Å². The lowest BCUT2D eigenvalue weighted by Crippen LogP contribution is -2.19. The average molecular weight is 352 g/mol. The summed E-state index contributed by atoms with van der Waals surface area (Å²) < 4.78 is 18.6. The minimum absolute atomic E-state index is 0.0114. The summed E-state index contributed by atoms with van der Waals surface area (Å²) in [5.74, 6) is 0.697. The first kappa shape index (κ1) is 15.5. The number of rotatable bonds is 5. The molecular formula is C13H17N6O4P. The van der Waals surface area contributed by atoms with E-state index in [0.717, 1.165) is 12.8 Å². The van der Waals surface area contributed by atoms with Gasteiger partial charge in [-0.3, -0.25) is 4.57 Å². The van der Waals surface area contributed by atoms with E-state index < -0.39 is 13.7 Å². The lowest BCUT2D eigenvalue weighted by atomic mass is 10.3. The van der Waals surface area contributed by atoms with E-state index in [2.05, 4.69) is 20.3 Å². The number of nitrogens with one attached hydrogen (secondary N) is 1. The predicted molar refractivity (Wildman–Crippen MR) is 86.2 cm³/mol. The van der Waals surface area contributed by atoms with Gasteiger partial charge in [0, 0.05) is 6.04 Å². The van der Waals surface area contributed by atoms with Crippen LogP contribution in [0.1, 0.15) is 12.8 Å². The van der Waals surface area contributed by atoms with Crippen LogP contribution in [-0.2, 0) is 15.8 Å². The number of ether oxygens (including phenoxy) is 1. The van der Waals surface area contributed by atoms with Crippen molar-refractivity contribution >= 4 is 30.5 Å². The summed E-state index contributed by atoms with van der Waals surface area (Å²) >= 11 is 0. The molecule has 0 bridgehead atoms. The van der Waals surface area contributed by atoms with Crippen molar-refractivity contribution in [3.8, 4) is 0 Å². The molecule has 24 heavy (non-hydrogen) atoms. The lowest BCUT2D eigenvalue weighted by Gasteiger charge is -2.16. The van der Waals surface area contributed by atoms with E-state index in [1.165, 1.54) is 6.08 Å². The Kier molecular flexibility index (Phi) is 3.57. The third-order valence-electron chi connectivity index (χ3n) is 4.02. The molecule has 1 saturated carbocycles. The molecule has 1 fully saturated rings. The van der Waals surface area contributed by atoms with Gasteiger partial charge in [0.15, 0.2) is 17.0 Å². The number of fused-ring (bicyclic) bond motifs is 1. The number of anilines is 2. The van der Waals surface area contributed by atoms with E-state index in [0.29, 0.717) is 23.0 Å². The van der Waals surface area contributed by atoms with Crippen molar-refractivity contribution in [2.75, 3.05) is 17.7 Å². The van der Waals surface area contributed by atoms with Crippen LogP contribution in [0.5, 0.6) is 0 Å². The van der Waals surface area contributed by atoms with E-state index in [1.54, 1.807) is 10.9 Å². The van der Waals surface area contributed by atoms with Crippen LogP contribution in [0.2, 0.25) is 0 Å². The standard InChI is InChI=1S/C13H17N6O4P/c14-13-17-11(16-7-1-2-7)10-12(18-13)19(6-15-10)5-8-9(3-4-23-8)24(20,21)22/h3,6-8H,1-2,4-5H2,(H2,20,21,22)(H3,14,16,17,18)/t8-/m1/s1. The van der Waals surface area contributed by atoms with Crippen molar-refractivity contribution in [3.63, 3.8) is 0 Å². The van der Waals surface area contributed by atoms with Crippen molar-refractivity contribution in [2.45, 2.75) is 31.5 Å². The Morgan fingerprint density at radius 1 is 1.42 bits per heavy atom. The van der Waals surface area contributed by atoms with Gasteiger partial charge < -0.3 is 30.1 Å². The Bertz CT molecular complexity index is 871. The number of imidazole rings is 1. The number of nitrogens with zero attached hydrogens (tertiary/aromatic N) is 4. The molecule has 0 aromatic carbocycles. The smallest absolute Gasteiger partial charge is 0.354 e. The molecule has 11 heteroatoms. The van der Waals surface area contributed by atoms with Gasteiger partial charge in [-0.1, -0.05) is 0 Å². The SMILES string of the molecule is Nc1nc(NC2CC2)c2ncn(C[C@H]3OCC=C3P(=O)(O)O)c2n1. The molecule has 4 rings (SSSR count). The largest absolute Gasteiger partial charge is 0.368 e. The summed E-state index contributed by atoms with van der Waals surface area (Å²) in [5, 5.41) is 3.25. The lowest BCUT2D eigenvalue weighted by molar-refractivity contribution is 0.111. The Balaban J connectivity index is 1.66. The summed E-state index contributed by atoms with van der Waals surface area (Å²) in [5.41, 5.74) is 6.87. The molecule has 0 amide bonds. The highest BCUT2D eigenvalue weighted by Crippen LogP contribution is 2.49. The summed E-state index contributed by atoms with van der Waals surface area (Å²) in [4.78, 5) is 31.5. The van der Waals surface area contributed by atoms with E-state index in [-0.39, 0.29) is 24.4 Å². The van der Waals surface area contributed by atoms with Gasteiger partial charge in [0.1, 0.15) is 6.10 Å². The van der Waals surface area contributed by atoms with E-state index in [9.17, 15) is 14.4 Å². The molecule has 3 heterocycles. The number of aromatic nitrogens is 4. The van der Waals surface area contributed by atoms with Gasteiger partial charge in [-0.15, -0.1) is 0 Å². The molecule has 1 aliphatic carbocycles. The Labute approximate surface area is 136 Å². The maximum atomic E-state index is 11.5. The predicted octanol–water partition coefficient (Wildman–Crippen LogP) is 0.443. The molecule has 1 aliphatic heterocycles. The molecule has 0 unspecified atom stereocenters. The topological polar surface area (TPSA) is 148 Å². The minimum atomic E-state index is -4.35. The van der Waals surface area contributed by atoms with Crippen LogP contribution in [0.4, 0.5) is 11.8 Å². The Morgan fingerprint density at radius 2 is 2.21 bits per heavy atom. The monoisotopic (exact) mass is 352 g/mol. The zero-order valence-corrected chi connectivity index (χ0v) is 13.6. The maximum Gasteiger partial charge on any atom is 0.354 e. The number of hydrogen-bond acceptors (Lipinski definition) is 7. The van der Waals surface area contributed by atoms with Crippen LogP contribution in [0, 0.1) is 0 Å². The molecule has 10 nitrogen and oxygen atoms in total. The summed E-state index contributed by atoms with van der Waals surface area (Å²) in [6.07, 6.45) is 4.42. The Hall–Kier alpha value is -2.00. The normalized spacial score (nSPS) is 21.2. The third kappa shape index (κ3) is 2.89. The van der Waals surface area contributed by atoms with E-state index >= 15 is 0 Å². The molecular weight excluding hydrogens is 335 g/mol. The molecule has 0 spiro atoms. The van der Waals surface area contributed by atoms with Crippen molar-refractivity contribution in [2.24, 2.45) is 0 Å². The van der Waals surface area contributed by atoms with Gasteiger partial charge >= 0.3 is 7.60 Å². The number of nitrogens with two attached hydrogens (primary N) is 1. The fourth-order valence-corrected chi connectivity index (χ4v) is 3.56. The van der Waals surface area contributed by atoms with E-state index in [4.69, 9.17) is 10.5 Å². The number of nitrogen functional groups attached to an aromatic ring is 1. The van der Waals surface area contributed by atoms with Crippen molar-refractivity contribution < 1.29 is 19.1 Å². The highest BCUT2D eigenvalue weighted by Gasteiger charge is 2.34. The second-order valence-corrected chi connectivity index (χ2v) is 7.52. The second-order valence-electron chi connectivity index (χ2n) is 5.91. The summed E-state index contributed by atoms with van der Waals surface area (Å²) in [6, 6.07) is 0.384. The second kappa shape index (κ2) is 5.52. The fourth-order valence-electron chi connectivity index (χ4n) is 2.71. The van der Waals surface area contributed by atoms with Gasteiger partial charge in [-0.25, -0.2) is 4.98 Å². The molecule has 5 N–H and O–H groups in total. The van der Waals surface area contributed by atoms with Gasteiger partial charge in [-0.2, -0.15) is 9.97 Å². The molecule has 2 aromatic heterocycles. The highest BCUT2D eigenvalue weighted by molar-refractivity contribution is 7.56. The molecule has 0 radical (unpaired) electrons. The zero-order valence-electron chi connectivity index (χ0n) is 12.7. The first-order chi connectivity index (χ1) is 11.4. The van der Waals surface area contributed by atoms with E-state index in [1.807, 2.05) is 0 Å². The third-order valence-corrected chi connectivity index (χ3v) is 5.16. The number of hydrogen-bond donors (Lipinski definition) is 4. The maximum absolute atomic E-state index is 11.5. The van der Waals surface area contributed by atoms with Gasteiger partial charge in [0.2, 0.25) is 5.95 Å². The highest BCUT2D eigenvalue weighted by atomic mass is 31.2. The van der Waals surface area contributed by atoms with Crippen LogP contribution in [0.15, 0.2) is 17.7 Å². The van der Waals surface area contributed by atoms with Crippen LogP contribution in [0.25, 0.3) is 11.2 Å². The van der Waals surface area contributed by atoms with Crippen LogP contribution >= 0.6 is 7.60 Å². The summed E-state index contributed by atoms with van der Waals surface area (Å²) in [6.45, 7) is 0.357. The first-order valence-corrected chi connectivity index (χ1v) is 9.15. The first-order valence-electron chi connectivity index (χ1n) is 7.54. The molecule has 2 aromatic rings. The molecule has 1 atom stereocenters. The van der Waals surface area contributed by atoms with Crippen LogP contribution in [-0.4, -0.2) is 48.1 Å². The zero-order chi connectivity index (χ0) is 16.9. The van der Waals surface area contributed by atoms with Crippen molar-refractivity contribution in [1.29, 1.82) is 0 Å². The summed E-state index contributed by atoms with van der Waals surface area (Å²) in [7, 11) is -4.35. The van der Waals surface area contributed by atoms with Crippen LogP contribution in [0.3, 0.4) is 0 Å². The van der Waals surface area contributed by atoms with Gasteiger partial charge in [-0.05, 0) is 18.9 Å². The van der Waals surface area contributed by atoms with Crippen molar-refractivity contribution in [3.05, 3.63) is 17.7 Å². The minimum Gasteiger partial charge on any atom is -0.368 e. The fraction of sp³-hybridized carbons (Fsp3) is 0.462. The van der Waals surface area contributed by atoms with Crippen LogP contribution < -0.4 is 11.1 Å². The molecule has 128 valence electrons. The van der Waals surface area contributed by atoms with Crippen molar-refractivity contribution in [1.82, 2.24) is 19.5 Å².